The van der Waals surface area contributed by atoms with Crippen molar-refractivity contribution in [1.82, 2.24) is 4.90 Å². The van der Waals surface area contributed by atoms with E-state index in [0.29, 0.717) is 19.1 Å². The van der Waals surface area contributed by atoms with E-state index in [1.54, 1.807) is 6.92 Å². The lowest BCUT2D eigenvalue weighted by molar-refractivity contribution is -0.137. The minimum absolute atomic E-state index is 0.177. The zero-order chi connectivity index (χ0) is 16.8. The van der Waals surface area contributed by atoms with Crippen LogP contribution in [0, 0.1) is 0 Å². The molecule has 1 aliphatic heterocycles. The van der Waals surface area contributed by atoms with Gasteiger partial charge in [0.05, 0.1) is 6.61 Å². The van der Waals surface area contributed by atoms with Crippen LogP contribution < -0.4 is 0 Å². The molecule has 0 amide bonds. The zero-order valence-corrected chi connectivity index (χ0v) is 14.2. The smallest absolute Gasteiger partial charge is 0.330 e. The Morgan fingerprint density at radius 1 is 1.14 bits per heavy atom. The molecule has 22 heavy (non-hydrogen) atoms. The fourth-order valence-electron chi connectivity index (χ4n) is 2.37. The van der Waals surface area contributed by atoms with Gasteiger partial charge < -0.3 is 9.64 Å². The predicted octanol–water partition coefficient (Wildman–Crippen LogP) is 3.52. The lowest BCUT2D eigenvalue weighted by Crippen LogP contribution is -2.34. The van der Waals surface area contributed by atoms with Gasteiger partial charge in [-0.3, -0.25) is 4.79 Å². The summed E-state index contributed by atoms with van der Waals surface area (Å²) in [6, 6.07) is 0.548. The lowest BCUT2D eigenvalue weighted by Gasteiger charge is -2.27. The number of nitrogens with zero attached hydrogens (tertiary/aromatic N) is 1. The third kappa shape index (κ3) is 10.3. The summed E-state index contributed by atoms with van der Waals surface area (Å²) in [4.78, 5) is 23.7. The summed E-state index contributed by atoms with van der Waals surface area (Å²) in [5.74, 6) is -0.181. The quantitative estimate of drug-likeness (QED) is 0.533. The highest BCUT2D eigenvalue weighted by atomic mass is 16.5. The molecule has 1 saturated heterocycles. The van der Waals surface area contributed by atoms with Gasteiger partial charge in [-0.25, -0.2) is 4.79 Å². The number of allylic oxidation sites excluding steroid dienone is 1. The SMILES string of the molecule is C=CC(=O)CC[C@H](C)N1CCCCCC1.C=CC(=O)OCC. The van der Waals surface area contributed by atoms with Gasteiger partial charge >= 0.3 is 5.97 Å². The molecule has 1 atom stereocenters. The summed E-state index contributed by atoms with van der Waals surface area (Å²) in [7, 11) is 0. The van der Waals surface area contributed by atoms with Gasteiger partial charge in [-0.2, -0.15) is 0 Å². The van der Waals surface area contributed by atoms with Gasteiger partial charge in [0.2, 0.25) is 0 Å². The normalized spacial score (nSPS) is 16.5. The van der Waals surface area contributed by atoms with Gasteiger partial charge in [-0.05, 0) is 52.3 Å². The Morgan fingerprint density at radius 2 is 1.73 bits per heavy atom. The van der Waals surface area contributed by atoms with Crippen molar-refractivity contribution in [3.63, 3.8) is 0 Å². The number of hydrogen-bond acceptors (Lipinski definition) is 4. The average Bonchev–Trinajstić information content (AvgIpc) is 2.82. The molecule has 126 valence electrons. The second-order valence-electron chi connectivity index (χ2n) is 5.46. The van der Waals surface area contributed by atoms with E-state index in [9.17, 15) is 9.59 Å². The maximum atomic E-state index is 11.1. The van der Waals surface area contributed by atoms with Gasteiger partial charge in [0.25, 0.3) is 0 Å². The van der Waals surface area contributed by atoms with Crippen molar-refractivity contribution in [3.05, 3.63) is 25.3 Å². The molecule has 1 heterocycles. The second-order valence-corrected chi connectivity index (χ2v) is 5.46. The molecule has 4 heteroatoms. The molecule has 0 radical (unpaired) electrons. The van der Waals surface area contributed by atoms with E-state index in [2.05, 4.69) is 29.7 Å². The van der Waals surface area contributed by atoms with E-state index in [-0.39, 0.29) is 11.8 Å². The first-order valence-corrected chi connectivity index (χ1v) is 8.23. The first-order valence-electron chi connectivity index (χ1n) is 8.23. The largest absolute Gasteiger partial charge is 0.463 e. The number of carbonyl (C=O) groups is 2. The number of rotatable bonds is 7. The van der Waals surface area contributed by atoms with Crippen LogP contribution in [0.5, 0.6) is 0 Å². The third-order valence-electron chi connectivity index (χ3n) is 3.75. The van der Waals surface area contributed by atoms with E-state index in [1.165, 1.54) is 44.8 Å². The van der Waals surface area contributed by atoms with Gasteiger partial charge in [0, 0.05) is 18.5 Å². The summed E-state index contributed by atoms with van der Waals surface area (Å²) in [6.45, 7) is 13.5. The molecule has 0 bridgehead atoms. The highest BCUT2D eigenvalue weighted by Crippen LogP contribution is 2.15. The van der Waals surface area contributed by atoms with Crippen molar-refractivity contribution in [1.29, 1.82) is 0 Å². The van der Waals surface area contributed by atoms with Crippen molar-refractivity contribution >= 4 is 11.8 Å². The van der Waals surface area contributed by atoms with Crippen LogP contribution in [0.2, 0.25) is 0 Å². The molecule has 0 aromatic carbocycles. The number of ketones is 1. The zero-order valence-electron chi connectivity index (χ0n) is 14.2. The second kappa shape index (κ2) is 13.3. The Kier molecular flexibility index (Phi) is 12.4. The van der Waals surface area contributed by atoms with Crippen molar-refractivity contribution in [2.45, 2.75) is 58.4 Å². The van der Waals surface area contributed by atoms with E-state index in [4.69, 9.17) is 0 Å². The van der Waals surface area contributed by atoms with Crippen molar-refractivity contribution in [2.75, 3.05) is 19.7 Å². The first-order chi connectivity index (χ1) is 10.5. The number of likely N-dealkylation sites (tertiary alicyclic amines) is 1. The van der Waals surface area contributed by atoms with Crippen LogP contribution in [0.4, 0.5) is 0 Å². The van der Waals surface area contributed by atoms with Crippen molar-refractivity contribution in [3.8, 4) is 0 Å². The Hall–Kier alpha value is -1.42. The summed E-state index contributed by atoms with van der Waals surface area (Å²) in [6.07, 6.45) is 9.59. The summed E-state index contributed by atoms with van der Waals surface area (Å²) < 4.78 is 4.43. The molecule has 0 unspecified atom stereocenters. The molecular weight excluding hydrogens is 278 g/mol. The molecule has 1 aliphatic rings. The maximum absolute atomic E-state index is 11.1. The fraction of sp³-hybridized carbons (Fsp3) is 0.667. The van der Waals surface area contributed by atoms with E-state index in [0.717, 1.165) is 12.5 Å². The van der Waals surface area contributed by atoms with Crippen LogP contribution in [-0.4, -0.2) is 42.4 Å². The molecule has 0 spiro atoms. The molecule has 0 aromatic rings. The van der Waals surface area contributed by atoms with E-state index in [1.807, 2.05) is 0 Å². The minimum Gasteiger partial charge on any atom is -0.463 e. The van der Waals surface area contributed by atoms with Crippen LogP contribution >= 0.6 is 0 Å². The summed E-state index contributed by atoms with van der Waals surface area (Å²) in [5.41, 5.74) is 0. The molecule has 0 saturated carbocycles. The van der Waals surface area contributed by atoms with Crippen LogP contribution in [-0.2, 0) is 14.3 Å². The summed E-state index contributed by atoms with van der Waals surface area (Å²) in [5, 5.41) is 0. The predicted molar refractivity (Wildman–Crippen MR) is 90.8 cm³/mol. The monoisotopic (exact) mass is 309 g/mol. The first kappa shape index (κ1) is 20.6. The average molecular weight is 309 g/mol. The molecule has 1 fully saturated rings. The molecule has 0 aliphatic carbocycles. The van der Waals surface area contributed by atoms with E-state index >= 15 is 0 Å². The van der Waals surface area contributed by atoms with Gasteiger partial charge in [-0.15, -0.1) is 0 Å². The van der Waals surface area contributed by atoms with Crippen LogP contribution in [0.25, 0.3) is 0 Å². The molecule has 1 rings (SSSR count). The Balaban J connectivity index is 0.000000534. The molecule has 4 nitrogen and oxygen atoms in total. The van der Waals surface area contributed by atoms with E-state index < -0.39 is 0 Å². The van der Waals surface area contributed by atoms with Gasteiger partial charge in [0.15, 0.2) is 5.78 Å². The van der Waals surface area contributed by atoms with Gasteiger partial charge in [-0.1, -0.05) is 26.0 Å². The Morgan fingerprint density at radius 3 is 2.14 bits per heavy atom. The van der Waals surface area contributed by atoms with Crippen LogP contribution in [0.3, 0.4) is 0 Å². The van der Waals surface area contributed by atoms with Crippen LogP contribution in [0.1, 0.15) is 52.4 Å². The maximum Gasteiger partial charge on any atom is 0.330 e. The minimum atomic E-state index is -0.359. The summed E-state index contributed by atoms with van der Waals surface area (Å²) >= 11 is 0. The number of esters is 1. The molecule has 0 aromatic heterocycles. The lowest BCUT2D eigenvalue weighted by atomic mass is 10.1. The number of carbonyl (C=O) groups excluding carboxylic acids is 2. The standard InChI is InChI=1S/C13H23NO.C5H8O2/c1-3-13(15)9-8-12(2)14-10-6-4-5-7-11-14;1-3-5(6)7-4-2/h3,12H,1,4-11H2,2H3;3H,1,4H2,2H3/t12-;/m0./s1. The highest BCUT2D eigenvalue weighted by Gasteiger charge is 2.15. The topological polar surface area (TPSA) is 46.6 Å². The van der Waals surface area contributed by atoms with Crippen molar-refractivity contribution in [2.24, 2.45) is 0 Å². The van der Waals surface area contributed by atoms with Gasteiger partial charge in [0.1, 0.15) is 0 Å². The fourth-order valence-corrected chi connectivity index (χ4v) is 2.37. The Bertz CT molecular complexity index is 344. The molecular formula is C18H31NO3. The highest BCUT2D eigenvalue weighted by molar-refractivity contribution is 5.88. The van der Waals surface area contributed by atoms with Crippen LogP contribution in [0.15, 0.2) is 25.3 Å². The number of ether oxygens (including phenoxy) is 1. The third-order valence-corrected chi connectivity index (χ3v) is 3.75. The molecule has 0 N–H and O–H groups in total. The number of hydrogen-bond donors (Lipinski definition) is 0. The van der Waals surface area contributed by atoms with Crippen molar-refractivity contribution < 1.29 is 14.3 Å². The Labute approximate surface area is 135 Å².